The highest BCUT2D eigenvalue weighted by Gasteiger charge is 2.64. The van der Waals surface area contributed by atoms with Gasteiger partial charge >= 0.3 is 0 Å². The summed E-state index contributed by atoms with van der Waals surface area (Å²) in [6, 6.07) is -0.110. The third-order valence-electron chi connectivity index (χ3n) is 5.83. The van der Waals surface area contributed by atoms with E-state index in [2.05, 4.69) is 23.8 Å². The summed E-state index contributed by atoms with van der Waals surface area (Å²) >= 11 is 0. The van der Waals surface area contributed by atoms with Crippen molar-refractivity contribution in [1.82, 2.24) is 10.6 Å². The highest BCUT2D eigenvalue weighted by molar-refractivity contribution is 5.48. The molecule has 5 nitrogen and oxygen atoms in total. The molecular weight excluding hydrogens is 304 g/mol. The van der Waals surface area contributed by atoms with Gasteiger partial charge < -0.3 is 25.6 Å². The third-order valence-corrected chi connectivity index (χ3v) is 5.83. The first-order valence-electron chi connectivity index (χ1n) is 8.30. The van der Waals surface area contributed by atoms with Gasteiger partial charge in [-0.25, -0.2) is 0 Å². The second-order valence-electron chi connectivity index (χ2n) is 6.95. The predicted molar refractivity (Wildman–Crippen MR) is 94.0 cm³/mol. The number of aliphatic hydroxyl groups excluding tert-OH is 1. The minimum absolute atomic E-state index is 0.0600. The maximum absolute atomic E-state index is 11.4. The lowest BCUT2D eigenvalue weighted by atomic mass is 9.51. The molecule has 0 aromatic rings. The smallest absolute Gasteiger partial charge is 0.168 e. The van der Waals surface area contributed by atoms with E-state index in [9.17, 15) is 10.2 Å². The SMILES string of the molecule is C=CN/C(C)=C(\O)[C@@H]1O/C=C\C=C2CC3NCC[C@@]1(C2=C)C3(C)O. The van der Waals surface area contributed by atoms with Crippen LogP contribution in [0.15, 0.2) is 60.4 Å². The van der Waals surface area contributed by atoms with Crippen LogP contribution in [-0.4, -0.2) is 34.5 Å². The molecule has 1 saturated carbocycles. The Morgan fingerprint density at radius 2 is 2.29 bits per heavy atom. The average molecular weight is 330 g/mol. The van der Waals surface area contributed by atoms with Crippen LogP contribution in [0.1, 0.15) is 26.7 Å². The molecule has 1 aliphatic carbocycles. The molecule has 1 saturated heterocycles. The summed E-state index contributed by atoms with van der Waals surface area (Å²) in [6.45, 7) is 12.2. The number of allylic oxidation sites excluding steroid dienone is 3. The fourth-order valence-electron chi connectivity index (χ4n) is 4.40. The minimum Gasteiger partial charge on any atom is -0.507 e. The Balaban J connectivity index is 2.21. The zero-order valence-corrected chi connectivity index (χ0v) is 14.3. The lowest BCUT2D eigenvalue weighted by Gasteiger charge is -2.60. The number of rotatable bonds is 3. The van der Waals surface area contributed by atoms with E-state index in [1.807, 2.05) is 19.1 Å². The van der Waals surface area contributed by atoms with Gasteiger partial charge in [0.15, 0.2) is 11.9 Å². The number of aliphatic hydroxyl groups is 2. The number of fused-ring (bicyclic) bond motifs is 2. The number of hydrogen-bond donors (Lipinski definition) is 4. The highest BCUT2D eigenvalue weighted by Crippen LogP contribution is 2.58. The van der Waals surface area contributed by atoms with Gasteiger partial charge in [-0.15, -0.1) is 0 Å². The molecule has 2 aliphatic heterocycles. The van der Waals surface area contributed by atoms with Crippen molar-refractivity contribution in [2.45, 2.75) is 44.4 Å². The number of nitrogens with one attached hydrogen (secondary N) is 2. The summed E-state index contributed by atoms with van der Waals surface area (Å²) in [6.07, 6.45) is 7.49. The number of piperidine rings is 1. The van der Waals surface area contributed by atoms with E-state index in [0.717, 1.165) is 17.7 Å². The van der Waals surface area contributed by atoms with E-state index in [1.54, 1.807) is 13.2 Å². The van der Waals surface area contributed by atoms with Crippen LogP contribution in [0.5, 0.6) is 0 Å². The maximum atomic E-state index is 11.4. The van der Waals surface area contributed by atoms with Crippen LogP contribution in [0.3, 0.4) is 0 Å². The molecule has 5 heteroatoms. The quantitative estimate of drug-likeness (QED) is 0.598. The van der Waals surface area contributed by atoms with E-state index in [0.29, 0.717) is 18.5 Å². The van der Waals surface area contributed by atoms with Crippen LogP contribution in [0.4, 0.5) is 0 Å². The van der Waals surface area contributed by atoms with Crippen molar-refractivity contribution in [3.05, 3.63) is 60.4 Å². The van der Waals surface area contributed by atoms with Crippen molar-refractivity contribution in [2.24, 2.45) is 5.41 Å². The number of hydrogen-bond acceptors (Lipinski definition) is 5. The molecule has 2 unspecified atom stereocenters. The normalized spacial score (nSPS) is 40.3. The second kappa shape index (κ2) is 5.83. The molecule has 2 fully saturated rings. The Bertz CT molecular complexity index is 660. The minimum atomic E-state index is -1.10. The highest BCUT2D eigenvalue weighted by atomic mass is 16.5. The summed E-state index contributed by atoms with van der Waals surface area (Å²) in [5.41, 5.74) is 0.584. The maximum Gasteiger partial charge on any atom is 0.168 e. The van der Waals surface area contributed by atoms with E-state index >= 15 is 0 Å². The van der Waals surface area contributed by atoms with Gasteiger partial charge in [-0.3, -0.25) is 0 Å². The molecule has 3 rings (SSSR count). The Kier molecular flexibility index (Phi) is 4.10. The molecular formula is C19H26N2O3. The van der Waals surface area contributed by atoms with Crippen LogP contribution in [0, 0.1) is 5.41 Å². The zero-order chi connectivity index (χ0) is 17.5. The Labute approximate surface area is 143 Å². The monoisotopic (exact) mass is 330 g/mol. The predicted octanol–water partition coefficient (Wildman–Crippen LogP) is 2.41. The third kappa shape index (κ3) is 2.15. The van der Waals surface area contributed by atoms with Gasteiger partial charge in [0.25, 0.3) is 0 Å². The molecule has 4 N–H and O–H groups in total. The van der Waals surface area contributed by atoms with Gasteiger partial charge in [0.05, 0.1) is 23.0 Å². The molecule has 1 spiro atoms. The molecule has 0 amide bonds. The van der Waals surface area contributed by atoms with E-state index in [4.69, 9.17) is 4.74 Å². The van der Waals surface area contributed by atoms with Crippen molar-refractivity contribution in [3.8, 4) is 0 Å². The van der Waals surface area contributed by atoms with Gasteiger partial charge in [0.2, 0.25) is 0 Å². The summed E-state index contributed by atoms with van der Waals surface area (Å²) in [5.74, 6) is 0.0600. The molecule has 2 heterocycles. The molecule has 0 radical (unpaired) electrons. The van der Waals surface area contributed by atoms with Crippen molar-refractivity contribution in [1.29, 1.82) is 0 Å². The topological polar surface area (TPSA) is 73.8 Å². The van der Waals surface area contributed by atoms with Gasteiger partial charge in [-0.2, -0.15) is 0 Å². The number of ether oxygens (including phenoxy) is 1. The Hall–Kier alpha value is -1.98. The summed E-state index contributed by atoms with van der Waals surface area (Å²) < 4.78 is 5.92. The lowest BCUT2D eigenvalue weighted by Crippen LogP contribution is -2.71. The van der Waals surface area contributed by atoms with Crippen LogP contribution < -0.4 is 10.6 Å². The largest absolute Gasteiger partial charge is 0.507 e. The van der Waals surface area contributed by atoms with Gasteiger partial charge in [-0.1, -0.05) is 19.2 Å². The molecule has 3 aliphatic rings. The molecule has 130 valence electrons. The average Bonchev–Trinajstić information content (AvgIpc) is 2.51. The van der Waals surface area contributed by atoms with Gasteiger partial charge in [-0.05, 0) is 56.7 Å². The van der Waals surface area contributed by atoms with Gasteiger partial charge in [0, 0.05) is 6.04 Å². The molecule has 24 heavy (non-hydrogen) atoms. The van der Waals surface area contributed by atoms with Gasteiger partial charge in [0.1, 0.15) is 0 Å². The molecule has 0 aromatic heterocycles. The van der Waals surface area contributed by atoms with E-state index in [1.165, 1.54) is 6.20 Å². The summed E-state index contributed by atoms with van der Waals surface area (Å²) in [4.78, 5) is 0. The fourth-order valence-corrected chi connectivity index (χ4v) is 4.40. The first-order valence-corrected chi connectivity index (χ1v) is 8.30. The Morgan fingerprint density at radius 3 is 3.00 bits per heavy atom. The van der Waals surface area contributed by atoms with Crippen molar-refractivity contribution >= 4 is 0 Å². The fraction of sp³-hybridized carbons (Fsp3) is 0.474. The van der Waals surface area contributed by atoms with Crippen LogP contribution in [0.2, 0.25) is 0 Å². The Morgan fingerprint density at radius 1 is 1.54 bits per heavy atom. The first kappa shape index (κ1) is 16.9. The van der Waals surface area contributed by atoms with Crippen molar-refractivity contribution in [3.63, 3.8) is 0 Å². The summed E-state index contributed by atoms with van der Waals surface area (Å²) in [5, 5.41) is 28.6. The standard InChI is InChI=1S/C19H26N2O3/c1-5-20-13(3)16(22)17-19-8-9-21-15(18(19,4)23)11-14(12(19)2)7-6-10-24-17/h5-7,10,15,17,20-23H,1-2,8-9,11H2,3-4H3/b10-6-,14-7?,16-13-/t15?,17-,18?,19-/m0/s1. The lowest BCUT2D eigenvalue weighted by molar-refractivity contribution is -0.158. The van der Waals surface area contributed by atoms with Crippen LogP contribution in [-0.2, 0) is 4.74 Å². The van der Waals surface area contributed by atoms with Crippen LogP contribution in [0.25, 0.3) is 0 Å². The van der Waals surface area contributed by atoms with Crippen molar-refractivity contribution < 1.29 is 14.9 Å². The van der Waals surface area contributed by atoms with E-state index in [-0.39, 0.29) is 11.8 Å². The van der Waals surface area contributed by atoms with Crippen molar-refractivity contribution in [2.75, 3.05) is 6.54 Å². The van der Waals surface area contributed by atoms with E-state index < -0.39 is 17.1 Å². The molecule has 3 bridgehead atoms. The first-order chi connectivity index (χ1) is 11.4. The molecule has 4 atom stereocenters. The second-order valence-corrected chi connectivity index (χ2v) is 6.95. The zero-order valence-electron chi connectivity index (χ0n) is 14.3. The van der Waals surface area contributed by atoms with Crippen LogP contribution >= 0.6 is 0 Å². The summed E-state index contributed by atoms with van der Waals surface area (Å²) in [7, 11) is 0. The molecule has 0 aromatic carbocycles.